The molecule has 2 aromatic rings. The molecule has 2 heterocycles. The van der Waals surface area contributed by atoms with Gasteiger partial charge in [0.15, 0.2) is 5.76 Å². The Bertz CT molecular complexity index is 823. The molecule has 3 rings (SSSR count). The summed E-state index contributed by atoms with van der Waals surface area (Å²) in [6.07, 6.45) is 1.35. The van der Waals surface area contributed by atoms with Gasteiger partial charge in [-0.05, 0) is 31.2 Å². The molecule has 0 saturated carbocycles. The highest BCUT2D eigenvalue weighted by Crippen LogP contribution is 2.21. The van der Waals surface area contributed by atoms with Crippen LogP contribution in [0, 0.1) is 0 Å². The molecule has 8 nitrogen and oxygen atoms in total. The zero-order chi connectivity index (χ0) is 18.7. The Balaban J connectivity index is 1.49. The Morgan fingerprint density at radius 3 is 2.35 bits per heavy atom. The number of fused-ring (bicyclic) bond motifs is 1. The first-order valence-corrected chi connectivity index (χ1v) is 7.95. The van der Waals surface area contributed by atoms with Crippen molar-refractivity contribution in [1.29, 1.82) is 0 Å². The average Bonchev–Trinajstić information content (AvgIpc) is 3.25. The van der Waals surface area contributed by atoms with Gasteiger partial charge in [-0.2, -0.15) is 0 Å². The van der Waals surface area contributed by atoms with Crippen LogP contribution in [0.3, 0.4) is 0 Å². The van der Waals surface area contributed by atoms with Gasteiger partial charge < -0.3 is 14.5 Å². The van der Waals surface area contributed by atoms with Crippen molar-refractivity contribution in [2.45, 2.75) is 13.0 Å². The predicted molar refractivity (Wildman–Crippen MR) is 88.4 cm³/mol. The molecule has 1 aromatic heterocycles. The number of nitrogens with one attached hydrogen (secondary N) is 1. The lowest BCUT2D eigenvalue weighted by atomic mass is 10.1. The number of furan rings is 1. The van der Waals surface area contributed by atoms with Gasteiger partial charge >= 0.3 is 5.97 Å². The number of hydrogen-bond acceptors (Lipinski definition) is 6. The smallest absolute Gasteiger partial charge is 0.328 e. The van der Waals surface area contributed by atoms with Crippen molar-refractivity contribution in [2.75, 3.05) is 13.2 Å². The molecule has 134 valence electrons. The van der Waals surface area contributed by atoms with E-state index in [0.29, 0.717) is 11.1 Å². The molecule has 1 aliphatic rings. The summed E-state index contributed by atoms with van der Waals surface area (Å²) in [6, 6.07) is 8.63. The fraction of sp³-hybridized carbons (Fsp3) is 0.222. The molecule has 0 unspecified atom stereocenters. The summed E-state index contributed by atoms with van der Waals surface area (Å²) >= 11 is 0. The first-order valence-electron chi connectivity index (χ1n) is 7.95. The van der Waals surface area contributed by atoms with Crippen LogP contribution in [0.25, 0.3) is 0 Å². The van der Waals surface area contributed by atoms with Gasteiger partial charge in [-0.15, -0.1) is 0 Å². The van der Waals surface area contributed by atoms with Gasteiger partial charge in [0.2, 0.25) is 0 Å². The van der Waals surface area contributed by atoms with Crippen molar-refractivity contribution in [2.24, 2.45) is 0 Å². The third kappa shape index (κ3) is 3.34. The molecule has 0 radical (unpaired) electrons. The van der Waals surface area contributed by atoms with Crippen molar-refractivity contribution in [3.63, 3.8) is 0 Å². The SMILES string of the molecule is C[C@H](NC(=O)c1ccco1)C(=O)OCCN1C(=O)c2ccccc2C1=O. The van der Waals surface area contributed by atoms with E-state index in [4.69, 9.17) is 9.15 Å². The van der Waals surface area contributed by atoms with Gasteiger partial charge in [-0.25, -0.2) is 4.79 Å². The summed E-state index contributed by atoms with van der Waals surface area (Å²) in [4.78, 5) is 49.2. The van der Waals surface area contributed by atoms with E-state index in [2.05, 4.69) is 5.32 Å². The fourth-order valence-electron chi connectivity index (χ4n) is 2.54. The second-order valence-corrected chi connectivity index (χ2v) is 5.65. The molecular weight excluding hydrogens is 340 g/mol. The van der Waals surface area contributed by atoms with Crippen LogP contribution in [0.5, 0.6) is 0 Å². The van der Waals surface area contributed by atoms with Crippen molar-refractivity contribution in [3.8, 4) is 0 Å². The maximum Gasteiger partial charge on any atom is 0.328 e. The molecule has 1 N–H and O–H groups in total. The summed E-state index contributed by atoms with van der Waals surface area (Å²) in [5.74, 6) is -1.97. The zero-order valence-corrected chi connectivity index (χ0v) is 13.9. The highest BCUT2D eigenvalue weighted by molar-refractivity contribution is 6.21. The second kappa shape index (κ2) is 7.22. The molecule has 1 aromatic carbocycles. The van der Waals surface area contributed by atoms with E-state index < -0.39 is 29.7 Å². The summed E-state index contributed by atoms with van der Waals surface area (Å²) in [5, 5.41) is 2.44. The maximum absolute atomic E-state index is 12.2. The molecule has 8 heteroatoms. The number of esters is 1. The van der Waals surface area contributed by atoms with Crippen LogP contribution in [-0.4, -0.2) is 47.8 Å². The molecule has 3 amide bonds. The first kappa shape index (κ1) is 17.4. The summed E-state index contributed by atoms with van der Waals surface area (Å²) in [7, 11) is 0. The van der Waals surface area contributed by atoms with E-state index in [1.807, 2.05) is 0 Å². The molecule has 0 fully saturated rings. The third-order valence-electron chi connectivity index (χ3n) is 3.88. The molecule has 1 aliphatic heterocycles. The van der Waals surface area contributed by atoms with Crippen LogP contribution in [0.1, 0.15) is 38.2 Å². The van der Waals surface area contributed by atoms with E-state index in [0.717, 1.165) is 4.90 Å². The largest absolute Gasteiger partial charge is 0.462 e. The summed E-state index contributed by atoms with van der Waals surface area (Å²) in [6.45, 7) is 1.24. The minimum absolute atomic E-state index is 0.0586. The number of nitrogens with zero attached hydrogens (tertiary/aromatic N) is 1. The molecule has 0 saturated heterocycles. The molecule has 0 spiro atoms. The van der Waals surface area contributed by atoms with Crippen LogP contribution in [0.2, 0.25) is 0 Å². The predicted octanol–water partition coefficient (Wildman–Crippen LogP) is 1.24. The van der Waals surface area contributed by atoms with Crippen molar-refractivity contribution in [3.05, 3.63) is 59.5 Å². The average molecular weight is 356 g/mol. The van der Waals surface area contributed by atoms with Crippen LogP contribution >= 0.6 is 0 Å². The summed E-state index contributed by atoms with van der Waals surface area (Å²) < 4.78 is 9.98. The number of imide groups is 1. The number of amides is 3. The Morgan fingerprint density at radius 2 is 1.77 bits per heavy atom. The van der Waals surface area contributed by atoms with Crippen LogP contribution in [0.4, 0.5) is 0 Å². The van der Waals surface area contributed by atoms with Gasteiger partial charge in [0.1, 0.15) is 12.6 Å². The van der Waals surface area contributed by atoms with E-state index in [-0.39, 0.29) is 18.9 Å². The monoisotopic (exact) mass is 356 g/mol. The molecule has 1 atom stereocenters. The fourth-order valence-corrected chi connectivity index (χ4v) is 2.54. The number of rotatable bonds is 6. The zero-order valence-electron chi connectivity index (χ0n) is 13.9. The van der Waals surface area contributed by atoms with Gasteiger partial charge in [0, 0.05) is 0 Å². The lowest BCUT2D eigenvalue weighted by molar-refractivity contribution is -0.145. The Labute approximate surface area is 148 Å². The highest BCUT2D eigenvalue weighted by atomic mass is 16.5. The van der Waals surface area contributed by atoms with E-state index in [9.17, 15) is 19.2 Å². The quantitative estimate of drug-likeness (QED) is 0.616. The van der Waals surface area contributed by atoms with Gasteiger partial charge in [0.05, 0.1) is 23.9 Å². The number of benzene rings is 1. The van der Waals surface area contributed by atoms with Crippen molar-refractivity contribution < 1.29 is 28.3 Å². The number of carbonyl (C=O) groups excluding carboxylic acids is 4. The minimum Gasteiger partial charge on any atom is -0.462 e. The first-order chi connectivity index (χ1) is 12.5. The van der Waals surface area contributed by atoms with E-state index in [1.54, 1.807) is 30.3 Å². The van der Waals surface area contributed by atoms with Crippen molar-refractivity contribution >= 4 is 23.7 Å². The maximum atomic E-state index is 12.2. The van der Waals surface area contributed by atoms with Crippen LogP contribution < -0.4 is 5.32 Å². The third-order valence-corrected chi connectivity index (χ3v) is 3.88. The normalized spacial score (nSPS) is 14.1. The topological polar surface area (TPSA) is 106 Å². The van der Waals surface area contributed by atoms with Crippen LogP contribution in [0.15, 0.2) is 47.1 Å². The van der Waals surface area contributed by atoms with Crippen LogP contribution in [-0.2, 0) is 9.53 Å². The minimum atomic E-state index is -0.908. The molecule has 26 heavy (non-hydrogen) atoms. The molecule has 0 aliphatic carbocycles. The lowest BCUT2D eigenvalue weighted by Crippen LogP contribution is -2.40. The van der Waals surface area contributed by atoms with E-state index >= 15 is 0 Å². The molecule has 0 bridgehead atoms. The van der Waals surface area contributed by atoms with Gasteiger partial charge in [0.25, 0.3) is 17.7 Å². The van der Waals surface area contributed by atoms with E-state index in [1.165, 1.54) is 19.3 Å². The highest BCUT2D eigenvalue weighted by Gasteiger charge is 2.35. The molecular formula is C18H16N2O6. The standard InChI is InChI=1S/C18H16N2O6/c1-11(19-15(21)14-7-4-9-25-14)18(24)26-10-8-20-16(22)12-5-2-3-6-13(12)17(20)23/h2-7,9,11H,8,10H2,1H3,(H,19,21)/t11-/m0/s1. The lowest BCUT2D eigenvalue weighted by Gasteiger charge is -2.16. The number of ether oxygens (including phenoxy) is 1. The second-order valence-electron chi connectivity index (χ2n) is 5.65. The number of carbonyl (C=O) groups is 4. The van der Waals surface area contributed by atoms with Gasteiger partial charge in [-0.1, -0.05) is 12.1 Å². The Morgan fingerprint density at radius 1 is 1.12 bits per heavy atom. The number of hydrogen-bond donors (Lipinski definition) is 1. The summed E-state index contributed by atoms with van der Waals surface area (Å²) in [5.41, 5.74) is 0.672. The van der Waals surface area contributed by atoms with Crippen molar-refractivity contribution in [1.82, 2.24) is 10.2 Å². The Hall–Kier alpha value is -3.42. The van der Waals surface area contributed by atoms with Gasteiger partial charge in [-0.3, -0.25) is 19.3 Å². The Kier molecular flexibility index (Phi) is 4.83.